The van der Waals surface area contributed by atoms with Gasteiger partial charge < -0.3 is 15.0 Å². The second-order valence-electron chi connectivity index (χ2n) is 5.60. The fraction of sp³-hybridized carbons (Fsp3) is 0.353. The summed E-state index contributed by atoms with van der Waals surface area (Å²) in [6.07, 6.45) is 0. The van der Waals surface area contributed by atoms with Gasteiger partial charge in [-0.2, -0.15) is 0 Å². The molecule has 0 unspecified atom stereocenters. The van der Waals surface area contributed by atoms with Gasteiger partial charge in [-0.15, -0.1) is 11.3 Å². The maximum absolute atomic E-state index is 12.4. The van der Waals surface area contributed by atoms with Crippen LogP contribution in [0.3, 0.4) is 0 Å². The molecule has 1 fully saturated rings. The van der Waals surface area contributed by atoms with Crippen LogP contribution in [0.15, 0.2) is 36.4 Å². The van der Waals surface area contributed by atoms with Crippen molar-refractivity contribution in [2.24, 2.45) is 0 Å². The molecule has 1 N–H and O–H groups in total. The number of urea groups is 1. The van der Waals surface area contributed by atoms with Crippen molar-refractivity contribution in [1.82, 2.24) is 9.80 Å². The zero-order chi connectivity index (χ0) is 16.9. The predicted molar refractivity (Wildman–Crippen MR) is 98.2 cm³/mol. The molecule has 0 atom stereocenters. The minimum absolute atomic E-state index is 0.0849. The number of nitrogens with one attached hydrogen (secondary N) is 1. The highest BCUT2D eigenvalue weighted by Crippen LogP contribution is 2.24. The number of halogens is 1. The third kappa shape index (κ3) is 4.20. The molecule has 1 aliphatic rings. The Morgan fingerprint density at radius 1 is 1.21 bits per heavy atom. The van der Waals surface area contributed by atoms with Crippen molar-refractivity contribution in [3.05, 3.63) is 45.6 Å². The second kappa shape index (κ2) is 7.88. The van der Waals surface area contributed by atoms with E-state index in [1.165, 1.54) is 4.88 Å². The van der Waals surface area contributed by atoms with Crippen LogP contribution in [0.5, 0.6) is 5.75 Å². The van der Waals surface area contributed by atoms with Crippen LogP contribution in [-0.4, -0.2) is 49.1 Å². The third-order valence-electron chi connectivity index (χ3n) is 4.02. The summed E-state index contributed by atoms with van der Waals surface area (Å²) >= 11 is 7.58. The lowest BCUT2D eigenvalue weighted by atomic mass is 10.3. The van der Waals surface area contributed by atoms with Crippen LogP contribution in [0.1, 0.15) is 4.88 Å². The van der Waals surface area contributed by atoms with Gasteiger partial charge in [0.1, 0.15) is 5.75 Å². The van der Waals surface area contributed by atoms with E-state index in [1.54, 1.807) is 18.4 Å². The predicted octanol–water partition coefficient (Wildman–Crippen LogP) is 3.76. The van der Waals surface area contributed by atoms with Gasteiger partial charge in [0.25, 0.3) is 0 Å². The van der Waals surface area contributed by atoms with Crippen molar-refractivity contribution in [3.8, 4) is 5.75 Å². The summed E-state index contributed by atoms with van der Waals surface area (Å²) in [6, 6.07) is 11.3. The molecule has 7 heteroatoms. The van der Waals surface area contributed by atoms with E-state index in [0.29, 0.717) is 24.5 Å². The number of para-hydroxylation sites is 2. The van der Waals surface area contributed by atoms with Crippen LogP contribution in [0, 0.1) is 0 Å². The fourth-order valence-electron chi connectivity index (χ4n) is 2.71. The van der Waals surface area contributed by atoms with E-state index in [4.69, 9.17) is 16.3 Å². The Bertz CT molecular complexity index is 699. The molecule has 0 spiro atoms. The van der Waals surface area contributed by atoms with Gasteiger partial charge in [0, 0.05) is 37.6 Å². The van der Waals surface area contributed by atoms with Crippen LogP contribution >= 0.6 is 22.9 Å². The lowest BCUT2D eigenvalue weighted by Gasteiger charge is -2.34. The number of rotatable bonds is 4. The standard InChI is InChI=1S/C17H20ClN3O2S/c1-23-15-5-3-2-4-14(15)19-17(22)21-10-8-20(9-11-21)12-13-6-7-16(18)24-13/h2-7H,8-12H2,1H3,(H,19,22). The number of methoxy groups -OCH3 is 1. The molecule has 2 aromatic rings. The second-order valence-corrected chi connectivity index (χ2v) is 7.40. The summed E-state index contributed by atoms with van der Waals surface area (Å²) < 4.78 is 6.09. The number of ether oxygens (including phenoxy) is 1. The summed E-state index contributed by atoms with van der Waals surface area (Å²) in [4.78, 5) is 17.9. The molecule has 0 saturated carbocycles. The Labute approximate surface area is 150 Å². The van der Waals surface area contributed by atoms with E-state index in [0.717, 1.165) is 24.0 Å². The van der Waals surface area contributed by atoms with E-state index in [1.807, 2.05) is 35.2 Å². The van der Waals surface area contributed by atoms with Crippen molar-refractivity contribution in [3.63, 3.8) is 0 Å². The molecule has 1 saturated heterocycles. The molecular weight excluding hydrogens is 346 g/mol. The normalized spacial score (nSPS) is 15.3. The maximum Gasteiger partial charge on any atom is 0.322 e. The first kappa shape index (κ1) is 17.1. The summed E-state index contributed by atoms with van der Waals surface area (Å²) in [5, 5.41) is 2.93. The van der Waals surface area contributed by atoms with Crippen molar-refractivity contribution >= 4 is 34.7 Å². The van der Waals surface area contributed by atoms with Crippen molar-refractivity contribution < 1.29 is 9.53 Å². The van der Waals surface area contributed by atoms with Crippen LogP contribution in [0.4, 0.5) is 10.5 Å². The number of anilines is 1. The minimum Gasteiger partial charge on any atom is -0.495 e. The topological polar surface area (TPSA) is 44.8 Å². The quantitative estimate of drug-likeness (QED) is 0.897. The average Bonchev–Trinajstić information content (AvgIpc) is 3.01. The number of carbonyl (C=O) groups excluding carboxylic acids is 1. The van der Waals surface area contributed by atoms with Crippen molar-refractivity contribution in [1.29, 1.82) is 0 Å². The lowest BCUT2D eigenvalue weighted by molar-refractivity contribution is 0.143. The third-order valence-corrected chi connectivity index (χ3v) is 5.23. The Hall–Kier alpha value is -1.76. The van der Waals surface area contributed by atoms with E-state index < -0.39 is 0 Å². The molecule has 0 aliphatic carbocycles. The lowest BCUT2D eigenvalue weighted by Crippen LogP contribution is -2.49. The molecule has 0 bridgehead atoms. The van der Waals surface area contributed by atoms with Crippen LogP contribution in [0.2, 0.25) is 4.34 Å². The number of nitrogens with zero attached hydrogens (tertiary/aromatic N) is 2. The molecule has 1 aliphatic heterocycles. The Balaban J connectivity index is 1.51. The highest BCUT2D eigenvalue weighted by atomic mass is 35.5. The number of benzene rings is 1. The van der Waals surface area contributed by atoms with Gasteiger partial charge in [0.2, 0.25) is 0 Å². The Morgan fingerprint density at radius 3 is 2.62 bits per heavy atom. The summed E-state index contributed by atoms with van der Waals surface area (Å²) in [5.74, 6) is 0.666. The highest BCUT2D eigenvalue weighted by Gasteiger charge is 2.22. The van der Waals surface area contributed by atoms with Crippen LogP contribution in [0.25, 0.3) is 0 Å². The van der Waals surface area contributed by atoms with E-state index >= 15 is 0 Å². The van der Waals surface area contributed by atoms with Gasteiger partial charge in [0.15, 0.2) is 0 Å². The first-order chi connectivity index (χ1) is 11.7. The fourth-order valence-corrected chi connectivity index (χ4v) is 3.84. The highest BCUT2D eigenvalue weighted by molar-refractivity contribution is 7.16. The first-order valence-corrected chi connectivity index (χ1v) is 9.00. The number of amides is 2. The molecule has 24 heavy (non-hydrogen) atoms. The van der Waals surface area contributed by atoms with Gasteiger partial charge in [0.05, 0.1) is 17.1 Å². The number of piperazine rings is 1. The van der Waals surface area contributed by atoms with E-state index in [9.17, 15) is 4.79 Å². The number of carbonyl (C=O) groups is 1. The maximum atomic E-state index is 12.4. The smallest absolute Gasteiger partial charge is 0.322 e. The van der Waals surface area contributed by atoms with Crippen molar-refractivity contribution in [2.45, 2.75) is 6.54 Å². The summed E-state index contributed by atoms with van der Waals surface area (Å²) in [7, 11) is 1.60. The molecule has 128 valence electrons. The molecule has 2 heterocycles. The largest absolute Gasteiger partial charge is 0.495 e. The molecule has 2 amide bonds. The van der Waals surface area contributed by atoms with Gasteiger partial charge in [-0.05, 0) is 24.3 Å². The molecule has 0 radical (unpaired) electrons. The summed E-state index contributed by atoms with van der Waals surface area (Å²) in [6.45, 7) is 4.02. The SMILES string of the molecule is COc1ccccc1NC(=O)N1CCN(Cc2ccc(Cl)s2)CC1. The zero-order valence-corrected chi connectivity index (χ0v) is 15.1. The molecule has 3 rings (SSSR count). The van der Waals surface area contributed by atoms with Gasteiger partial charge in [-0.1, -0.05) is 23.7 Å². The molecular formula is C17H20ClN3O2S. The van der Waals surface area contributed by atoms with E-state index in [2.05, 4.69) is 16.3 Å². The van der Waals surface area contributed by atoms with Gasteiger partial charge >= 0.3 is 6.03 Å². The first-order valence-electron chi connectivity index (χ1n) is 7.81. The summed E-state index contributed by atoms with van der Waals surface area (Å²) in [5.41, 5.74) is 0.695. The molecule has 5 nitrogen and oxygen atoms in total. The number of hydrogen-bond donors (Lipinski definition) is 1. The van der Waals surface area contributed by atoms with Crippen molar-refractivity contribution in [2.75, 3.05) is 38.6 Å². The number of thiophene rings is 1. The number of hydrogen-bond acceptors (Lipinski definition) is 4. The minimum atomic E-state index is -0.0849. The van der Waals surface area contributed by atoms with Crippen LogP contribution < -0.4 is 10.1 Å². The van der Waals surface area contributed by atoms with Crippen LogP contribution in [-0.2, 0) is 6.54 Å². The zero-order valence-electron chi connectivity index (χ0n) is 13.5. The van der Waals surface area contributed by atoms with Gasteiger partial charge in [-0.3, -0.25) is 4.90 Å². The average molecular weight is 366 g/mol. The van der Waals surface area contributed by atoms with Gasteiger partial charge in [-0.25, -0.2) is 4.79 Å². The monoisotopic (exact) mass is 365 g/mol. The Kier molecular flexibility index (Phi) is 5.60. The molecule has 1 aromatic heterocycles. The van der Waals surface area contributed by atoms with E-state index in [-0.39, 0.29) is 6.03 Å². The molecule has 1 aromatic carbocycles. The Morgan fingerprint density at radius 2 is 1.96 bits per heavy atom.